The number of hydrogen-bond donors (Lipinski definition) is 1. The van der Waals surface area contributed by atoms with Gasteiger partial charge in [0.25, 0.3) is 5.91 Å². The number of esters is 1. The first-order valence-electron chi connectivity index (χ1n) is 11.4. The van der Waals surface area contributed by atoms with Crippen LogP contribution in [0.1, 0.15) is 47.4 Å². The van der Waals surface area contributed by atoms with Crippen LogP contribution in [0.25, 0.3) is 16.9 Å². The minimum atomic E-state index is -6.00. The third-order valence-electron chi connectivity index (χ3n) is 5.35. The molecule has 0 saturated heterocycles. The standard InChI is InChI=1S/C24H20F6N6O3/c1-4-35-11-17(20(34-35)22(38)39-12(2)3)32-21(37)16-10-19-31-15(13-5-7-14(25)8-6-13)9-18(36(19)33-16)23(26,27)24(28,29)30/h5-12H,4H2,1-3H3,(H,32,37). The number of aryl methyl sites for hydroxylation is 1. The van der Waals surface area contributed by atoms with E-state index in [2.05, 4.69) is 20.5 Å². The van der Waals surface area contributed by atoms with Crippen molar-refractivity contribution in [2.24, 2.45) is 0 Å². The molecule has 1 aromatic carbocycles. The number of rotatable bonds is 7. The second kappa shape index (κ2) is 10.0. The molecule has 4 rings (SSSR count). The third-order valence-corrected chi connectivity index (χ3v) is 5.35. The molecule has 0 aliphatic rings. The smallest absolute Gasteiger partial charge is 0.458 e. The fourth-order valence-corrected chi connectivity index (χ4v) is 3.50. The number of carbonyl (C=O) groups is 2. The van der Waals surface area contributed by atoms with Gasteiger partial charge in [-0.2, -0.15) is 32.1 Å². The van der Waals surface area contributed by atoms with Crippen LogP contribution in [-0.2, 0) is 17.2 Å². The Kier molecular flexibility index (Phi) is 7.10. The molecule has 0 fully saturated rings. The lowest BCUT2D eigenvalue weighted by molar-refractivity contribution is -0.291. The molecule has 3 aromatic heterocycles. The maximum Gasteiger partial charge on any atom is 0.459 e. The molecule has 3 heterocycles. The average molecular weight is 554 g/mol. The molecule has 4 aromatic rings. The summed E-state index contributed by atoms with van der Waals surface area (Å²) < 4.78 is 89.1. The van der Waals surface area contributed by atoms with Crippen molar-refractivity contribution >= 4 is 23.2 Å². The number of carbonyl (C=O) groups excluding carboxylic acids is 2. The van der Waals surface area contributed by atoms with Crippen LogP contribution >= 0.6 is 0 Å². The number of fused-ring (bicyclic) bond motifs is 1. The van der Waals surface area contributed by atoms with Crippen LogP contribution in [0, 0.1) is 5.82 Å². The Balaban J connectivity index is 1.79. The van der Waals surface area contributed by atoms with E-state index in [1.807, 2.05) is 0 Å². The number of benzene rings is 1. The van der Waals surface area contributed by atoms with Crippen molar-refractivity contribution in [1.82, 2.24) is 24.4 Å². The number of aromatic nitrogens is 5. The molecule has 0 radical (unpaired) electrons. The van der Waals surface area contributed by atoms with Gasteiger partial charge >= 0.3 is 18.1 Å². The summed E-state index contributed by atoms with van der Waals surface area (Å²) in [7, 11) is 0. The third kappa shape index (κ3) is 5.42. The van der Waals surface area contributed by atoms with Crippen molar-refractivity contribution in [3.8, 4) is 11.3 Å². The lowest BCUT2D eigenvalue weighted by atomic mass is 10.1. The molecule has 15 heteroatoms. The molecule has 206 valence electrons. The Morgan fingerprint density at radius 3 is 2.31 bits per heavy atom. The number of alkyl halides is 5. The first kappa shape index (κ1) is 27.6. The molecule has 1 N–H and O–H groups in total. The van der Waals surface area contributed by atoms with Gasteiger partial charge in [-0.25, -0.2) is 18.7 Å². The number of hydrogen-bond acceptors (Lipinski definition) is 6. The number of amides is 1. The maximum absolute atomic E-state index is 14.6. The molecule has 0 saturated carbocycles. The summed E-state index contributed by atoms with van der Waals surface area (Å²) in [5, 5.41) is 10.0. The molecular formula is C24H20F6N6O3. The number of halogens is 6. The summed E-state index contributed by atoms with van der Waals surface area (Å²) >= 11 is 0. The van der Waals surface area contributed by atoms with Gasteiger partial charge in [-0.3, -0.25) is 9.48 Å². The number of nitrogens with zero attached hydrogens (tertiary/aromatic N) is 5. The summed E-state index contributed by atoms with van der Waals surface area (Å²) in [6, 6.07) is 5.63. The molecule has 0 bridgehead atoms. The predicted molar refractivity (Wildman–Crippen MR) is 125 cm³/mol. The Morgan fingerprint density at radius 1 is 1.05 bits per heavy atom. The number of nitrogens with one attached hydrogen (secondary N) is 1. The van der Waals surface area contributed by atoms with Gasteiger partial charge in [0, 0.05) is 24.4 Å². The van der Waals surface area contributed by atoms with E-state index in [9.17, 15) is 35.9 Å². The van der Waals surface area contributed by atoms with E-state index >= 15 is 0 Å². The Labute approximate surface area is 216 Å². The lowest BCUT2D eigenvalue weighted by Gasteiger charge is -2.21. The molecule has 0 aliphatic carbocycles. The van der Waals surface area contributed by atoms with Crippen LogP contribution in [0.5, 0.6) is 0 Å². The van der Waals surface area contributed by atoms with Crippen molar-refractivity contribution in [2.45, 2.75) is 45.5 Å². The van der Waals surface area contributed by atoms with Gasteiger partial charge in [0.1, 0.15) is 11.5 Å². The zero-order valence-corrected chi connectivity index (χ0v) is 20.6. The van der Waals surface area contributed by atoms with E-state index in [4.69, 9.17) is 4.74 Å². The van der Waals surface area contributed by atoms with Crippen LogP contribution in [0.2, 0.25) is 0 Å². The zero-order valence-electron chi connectivity index (χ0n) is 20.6. The van der Waals surface area contributed by atoms with Gasteiger partial charge in [0.05, 0.1) is 17.5 Å². The maximum atomic E-state index is 14.6. The molecule has 0 atom stereocenters. The summed E-state index contributed by atoms with van der Waals surface area (Å²) in [5.74, 6) is -7.94. The van der Waals surface area contributed by atoms with Crippen LogP contribution in [0.15, 0.2) is 42.6 Å². The van der Waals surface area contributed by atoms with Crippen molar-refractivity contribution in [3.63, 3.8) is 0 Å². The zero-order chi connectivity index (χ0) is 28.7. The highest BCUT2D eigenvalue weighted by molar-refractivity contribution is 6.06. The molecule has 1 amide bonds. The molecule has 0 spiro atoms. The van der Waals surface area contributed by atoms with Crippen LogP contribution in [0.3, 0.4) is 0 Å². The van der Waals surface area contributed by atoms with E-state index in [0.29, 0.717) is 12.6 Å². The SMILES string of the molecule is CCn1cc(NC(=O)c2cc3nc(-c4ccc(F)cc4)cc(C(F)(F)C(F)(F)F)n3n2)c(C(=O)OC(C)C)n1. The van der Waals surface area contributed by atoms with Gasteiger partial charge in [0.15, 0.2) is 17.0 Å². The van der Waals surface area contributed by atoms with Crippen LogP contribution in [-0.4, -0.2) is 48.5 Å². The van der Waals surface area contributed by atoms with Crippen molar-refractivity contribution in [3.05, 3.63) is 65.5 Å². The largest absolute Gasteiger partial charge is 0.459 e. The summed E-state index contributed by atoms with van der Waals surface area (Å²) in [6.07, 6.45) is -5.18. The van der Waals surface area contributed by atoms with Gasteiger partial charge in [-0.1, -0.05) is 0 Å². The van der Waals surface area contributed by atoms with E-state index in [1.54, 1.807) is 20.8 Å². The highest BCUT2D eigenvalue weighted by atomic mass is 19.4. The minimum absolute atomic E-state index is 0.0469. The fourth-order valence-electron chi connectivity index (χ4n) is 3.50. The Bertz CT molecular complexity index is 1540. The molecule has 9 nitrogen and oxygen atoms in total. The minimum Gasteiger partial charge on any atom is -0.458 e. The first-order valence-corrected chi connectivity index (χ1v) is 11.4. The summed E-state index contributed by atoms with van der Waals surface area (Å²) in [4.78, 5) is 29.4. The van der Waals surface area contributed by atoms with E-state index in [-0.39, 0.29) is 27.2 Å². The van der Waals surface area contributed by atoms with Crippen LogP contribution < -0.4 is 5.32 Å². The quantitative estimate of drug-likeness (QED) is 0.248. The van der Waals surface area contributed by atoms with Crippen molar-refractivity contribution in [1.29, 1.82) is 0 Å². The van der Waals surface area contributed by atoms with E-state index in [0.717, 1.165) is 30.3 Å². The highest BCUT2D eigenvalue weighted by Gasteiger charge is 2.60. The number of anilines is 1. The lowest BCUT2D eigenvalue weighted by Crippen LogP contribution is -2.36. The van der Waals surface area contributed by atoms with E-state index in [1.165, 1.54) is 10.9 Å². The van der Waals surface area contributed by atoms with Gasteiger partial charge in [-0.05, 0) is 51.1 Å². The Hall–Kier alpha value is -4.43. The normalized spacial score (nSPS) is 12.3. The second-order valence-corrected chi connectivity index (χ2v) is 8.56. The fraction of sp³-hybridized carbons (Fsp3) is 0.292. The van der Waals surface area contributed by atoms with Gasteiger partial charge < -0.3 is 10.1 Å². The topological polar surface area (TPSA) is 103 Å². The summed E-state index contributed by atoms with van der Waals surface area (Å²) in [6.45, 7) is 5.24. The van der Waals surface area contributed by atoms with Crippen molar-refractivity contribution < 1.29 is 40.7 Å². The molecular weight excluding hydrogens is 534 g/mol. The highest BCUT2D eigenvalue weighted by Crippen LogP contribution is 2.44. The Morgan fingerprint density at radius 2 is 1.72 bits per heavy atom. The molecule has 0 unspecified atom stereocenters. The monoisotopic (exact) mass is 554 g/mol. The summed E-state index contributed by atoms with van der Waals surface area (Å²) in [5.41, 5.74) is -3.33. The van der Waals surface area contributed by atoms with Gasteiger partial charge in [-0.15, -0.1) is 0 Å². The van der Waals surface area contributed by atoms with Crippen molar-refractivity contribution in [2.75, 3.05) is 5.32 Å². The van der Waals surface area contributed by atoms with Gasteiger partial charge in [0.2, 0.25) is 0 Å². The van der Waals surface area contributed by atoms with Crippen LogP contribution in [0.4, 0.5) is 32.0 Å². The average Bonchev–Trinajstić information content (AvgIpc) is 3.47. The number of ether oxygens (including phenoxy) is 1. The van der Waals surface area contributed by atoms with E-state index < -0.39 is 52.9 Å². The molecule has 0 aliphatic heterocycles. The second-order valence-electron chi connectivity index (χ2n) is 8.56. The molecule has 39 heavy (non-hydrogen) atoms. The first-order chi connectivity index (χ1) is 18.2. The predicted octanol–water partition coefficient (Wildman–Crippen LogP) is 5.22.